The van der Waals surface area contributed by atoms with Crippen LogP contribution in [-0.2, 0) is 4.79 Å². The van der Waals surface area contributed by atoms with E-state index in [1.54, 1.807) is 0 Å². The van der Waals surface area contributed by atoms with Gasteiger partial charge in [0.2, 0.25) is 0 Å². The Morgan fingerprint density at radius 1 is 1.40 bits per heavy atom. The van der Waals surface area contributed by atoms with Gasteiger partial charge in [-0.3, -0.25) is 4.79 Å². The van der Waals surface area contributed by atoms with Gasteiger partial charge in [0.1, 0.15) is 0 Å². The number of carboxylic acids is 1. The van der Waals surface area contributed by atoms with Crippen molar-refractivity contribution in [1.82, 2.24) is 0 Å². The van der Waals surface area contributed by atoms with Crippen molar-refractivity contribution in [1.29, 1.82) is 0 Å². The van der Waals surface area contributed by atoms with Crippen LogP contribution in [0.3, 0.4) is 0 Å². The maximum absolute atomic E-state index is 11.2. The normalized spacial score (nSPS) is 37.9. The van der Waals surface area contributed by atoms with Crippen LogP contribution in [0.1, 0.15) is 59.8 Å². The maximum atomic E-state index is 11.2. The van der Waals surface area contributed by atoms with Gasteiger partial charge in [0.15, 0.2) is 0 Å². The molecule has 1 rings (SSSR count). The molecule has 2 nitrogen and oxygen atoms in total. The van der Waals surface area contributed by atoms with E-state index in [1.165, 1.54) is 12.8 Å². The second kappa shape index (κ2) is 4.15. The lowest BCUT2D eigenvalue weighted by Gasteiger charge is -2.44. The first-order valence-corrected chi connectivity index (χ1v) is 6.10. The molecule has 1 aliphatic rings. The number of aliphatic carboxylic acids is 1. The summed E-state index contributed by atoms with van der Waals surface area (Å²) in [6.07, 6.45) is 5.75. The Bertz CT molecular complexity index is 249. The molecular weight excluding hydrogens is 188 g/mol. The van der Waals surface area contributed by atoms with E-state index in [9.17, 15) is 9.90 Å². The van der Waals surface area contributed by atoms with Crippen molar-refractivity contribution in [3.05, 3.63) is 0 Å². The molecule has 0 aromatic heterocycles. The zero-order valence-electron chi connectivity index (χ0n) is 10.5. The number of hydrogen-bond donors (Lipinski definition) is 1. The Kier molecular flexibility index (Phi) is 3.47. The number of hydrogen-bond acceptors (Lipinski definition) is 1. The lowest BCUT2D eigenvalue weighted by molar-refractivity contribution is -0.148. The topological polar surface area (TPSA) is 37.3 Å². The molecule has 1 aliphatic carbocycles. The van der Waals surface area contributed by atoms with E-state index >= 15 is 0 Å². The molecule has 0 bridgehead atoms. The fourth-order valence-electron chi connectivity index (χ4n) is 3.41. The number of rotatable bonds is 4. The number of carboxylic acid groups (broad SMARTS) is 1. The van der Waals surface area contributed by atoms with E-state index in [4.69, 9.17) is 0 Å². The van der Waals surface area contributed by atoms with Gasteiger partial charge in [0.05, 0.1) is 5.92 Å². The SMILES string of the molecule is CCCC1(C)CCCC1(C)C(C)C(=O)O. The monoisotopic (exact) mass is 212 g/mol. The minimum Gasteiger partial charge on any atom is -0.481 e. The molecule has 15 heavy (non-hydrogen) atoms. The lowest BCUT2D eigenvalue weighted by Crippen LogP contribution is -2.41. The Morgan fingerprint density at radius 3 is 2.47 bits per heavy atom. The van der Waals surface area contributed by atoms with Gasteiger partial charge >= 0.3 is 5.97 Å². The van der Waals surface area contributed by atoms with E-state index < -0.39 is 5.97 Å². The van der Waals surface area contributed by atoms with Crippen molar-refractivity contribution in [2.45, 2.75) is 59.8 Å². The molecule has 0 heterocycles. The fourth-order valence-corrected chi connectivity index (χ4v) is 3.41. The van der Waals surface area contributed by atoms with Gasteiger partial charge in [0.25, 0.3) is 0 Å². The third kappa shape index (κ3) is 1.91. The molecule has 1 N–H and O–H groups in total. The Balaban J connectivity index is 2.94. The molecule has 0 spiro atoms. The van der Waals surface area contributed by atoms with Crippen molar-refractivity contribution >= 4 is 5.97 Å². The molecule has 88 valence electrons. The van der Waals surface area contributed by atoms with Crippen LogP contribution < -0.4 is 0 Å². The quantitative estimate of drug-likeness (QED) is 0.771. The van der Waals surface area contributed by atoms with E-state index in [0.717, 1.165) is 19.3 Å². The van der Waals surface area contributed by atoms with Gasteiger partial charge in [0, 0.05) is 0 Å². The zero-order valence-corrected chi connectivity index (χ0v) is 10.5. The summed E-state index contributed by atoms with van der Waals surface area (Å²) in [7, 11) is 0. The first-order valence-electron chi connectivity index (χ1n) is 6.10. The van der Waals surface area contributed by atoms with Crippen LogP contribution in [0.25, 0.3) is 0 Å². The predicted octanol–water partition coefficient (Wildman–Crippen LogP) is 3.70. The minimum atomic E-state index is -0.637. The largest absolute Gasteiger partial charge is 0.481 e. The van der Waals surface area contributed by atoms with Gasteiger partial charge in [-0.1, -0.05) is 40.5 Å². The summed E-state index contributed by atoms with van der Waals surface area (Å²) in [5.41, 5.74) is 0.203. The van der Waals surface area contributed by atoms with E-state index in [1.807, 2.05) is 6.92 Å². The van der Waals surface area contributed by atoms with Crippen LogP contribution in [0.2, 0.25) is 0 Å². The first kappa shape index (κ1) is 12.5. The van der Waals surface area contributed by atoms with Gasteiger partial charge in [-0.2, -0.15) is 0 Å². The van der Waals surface area contributed by atoms with Gasteiger partial charge in [-0.25, -0.2) is 0 Å². The zero-order chi connectivity index (χ0) is 11.7. The van der Waals surface area contributed by atoms with E-state index in [-0.39, 0.29) is 16.7 Å². The molecule has 1 fully saturated rings. The molecule has 2 heteroatoms. The van der Waals surface area contributed by atoms with Crippen LogP contribution in [0.4, 0.5) is 0 Å². The van der Waals surface area contributed by atoms with Crippen LogP contribution in [-0.4, -0.2) is 11.1 Å². The Labute approximate surface area is 93.1 Å². The van der Waals surface area contributed by atoms with Crippen LogP contribution in [0, 0.1) is 16.7 Å². The Morgan fingerprint density at radius 2 is 2.00 bits per heavy atom. The van der Waals surface area contributed by atoms with Crippen LogP contribution in [0.5, 0.6) is 0 Å². The summed E-state index contributed by atoms with van der Waals surface area (Å²) in [6.45, 7) is 8.52. The minimum absolute atomic E-state index is 0.0190. The third-order valence-electron chi connectivity index (χ3n) is 4.93. The van der Waals surface area contributed by atoms with Crippen LogP contribution in [0.15, 0.2) is 0 Å². The summed E-state index contributed by atoms with van der Waals surface area (Å²) < 4.78 is 0. The second-order valence-corrected chi connectivity index (χ2v) is 5.64. The molecule has 0 radical (unpaired) electrons. The van der Waals surface area contributed by atoms with Gasteiger partial charge in [-0.05, 0) is 30.1 Å². The van der Waals surface area contributed by atoms with Crippen molar-refractivity contribution in [3.63, 3.8) is 0 Å². The summed E-state index contributed by atoms with van der Waals surface area (Å²) in [5, 5.41) is 9.21. The van der Waals surface area contributed by atoms with E-state index in [2.05, 4.69) is 20.8 Å². The van der Waals surface area contributed by atoms with E-state index in [0.29, 0.717) is 0 Å². The highest BCUT2D eigenvalue weighted by Gasteiger charge is 2.52. The highest BCUT2D eigenvalue weighted by atomic mass is 16.4. The average molecular weight is 212 g/mol. The molecular formula is C13H24O2. The standard InChI is InChI=1S/C13H24O2/c1-5-7-12(3)8-6-9-13(12,4)10(2)11(14)15/h10H,5-9H2,1-4H3,(H,14,15). The van der Waals surface area contributed by atoms with Gasteiger partial charge < -0.3 is 5.11 Å². The van der Waals surface area contributed by atoms with Crippen molar-refractivity contribution in [2.75, 3.05) is 0 Å². The summed E-state index contributed by atoms with van der Waals surface area (Å²) in [6, 6.07) is 0. The fraction of sp³-hybridized carbons (Fsp3) is 0.923. The molecule has 0 aromatic carbocycles. The summed E-state index contributed by atoms with van der Waals surface area (Å²) in [4.78, 5) is 11.2. The van der Waals surface area contributed by atoms with Gasteiger partial charge in [-0.15, -0.1) is 0 Å². The molecule has 3 atom stereocenters. The molecule has 1 saturated carbocycles. The first-order chi connectivity index (χ1) is 6.87. The second-order valence-electron chi connectivity index (χ2n) is 5.64. The van der Waals surface area contributed by atoms with Crippen LogP contribution >= 0.6 is 0 Å². The molecule has 0 aliphatic heterocycles. The summed E-state index contributed by atoms with van der Waals surface area (Å²) >= 11 is 0. The lowest BCUT2D eigenvalue weighted by atomic mass is 9.60. The van der Waals surface area contributed by atoms with Crippen molar-refractivity contribution in [3.8, 4) is 0 Å². The molecule has 0 aromatic rings. The summed E-state index contributed by atoms with van der Waals surface area (Å²) in [5.74, 6) is -0.863. The average Bonchev–Trinajstić information content (AvgIpc) is 2.43. The maximum Gasteiger partial charge on any atom is 0.306 e. The molecule has 3 unspecified atom stereocenters. The smallest absolute Gasteiger partial charge is 0.306 e. The molecule has 0 saturated heterocycles. The predicted molar refractivity (Wildman–Crippen MR) is 61.8 cm³/mol. The van der Waals surface area contributed by atoms with Crippen molar-refractivity contribution < 1.29 is 9.90 Å². The third-order valence-corrected chi connectivity index (χ3v) is 4.93. The highest BCUT2D eigenvalue weighted by Crippen LogP contribution is 2.58. The Hall–Kier alpha value is -0.530. The highest BCUT2D eigenvalue weighted by molar-refractivity contribution is 5.70. The molecule has 0 amide bonds. The van der Waals surface area contributed by atoms with Crippen molar-refractivity contribution in [2.24, 2.45) is 16.7 Å². The number of carbonyl (C=O) groups is 1.